The summed E-state index contributed by atoms with van der Waals surface area (Å²) in [7, 11) is 0. The van der Waals surface area contributed by atoms with Crippen LogP contribution in [-0.4, -0.2) is 23.5 Å². The van der Waals surface area contributed by atoms with Crippen molar-refractivity contribution in [3.8, 4) is 0 Å². The molecule has 0 aromatic carbocycles. The summed E-state index contributed by atoms with van der Waals surface area (Å²) in [6.45, 7) is 9.41. The molecular weight excluding hydrogens is 158 g/mol. The van der Waals surface area contributed by atoms with Crippen LogP contribution in [-0.2, 0) is 0 Å². The molecule has 0 radical (unpaired) electrons. The maximum atomic E-state index is 7.63. The molecule has 2 fully saturated rings. The lowest BCUT2D eigenvalue weighted by Crippen LogP contribution is -2.50. The summed E-state index contributed by atoms with van der Waals surface area (Å²) in [5.41, 5.74) is 0.930. The molecule has 0 bridgehead atoms. The van der Waals surface area contributed by atoms with E-state index in [0.29, 0.717) is 11.0 Å². The topological polar surface area (TPSA) is 3.24 Å². The zero-order chi connectivity index (χ0) is 10.4. The van der Waals surface area contributed by atoms with Crippen molar-refractivity contribution in [3.05, 3.63) is 0 Å². The summed E-state index contributed by atoms with van der Waals surface area (Å²) < 4.78 is 7.63. The number of rotatable bonds is 0. The Hall–Kier alpha value is -0.0400. The van der Waals surface area contributed by atoms with Gasteiger partial charge < -0.3 is 0 Å². The molecule has 2 aliphatic rings. The minimum Gasteiger partial charge on any atom is -0.298 e. The Morgan fingerprint density at radius 1 is 1.08 bits per heavy atom. The summed E-state index contributed by atoms with van der Waals surface area (Å²) in [5, 5.41) is 0. The molecule has 0 unspecified atom stereocenters. The van der Waals surface area contributed by atoms with E-state index in [1.165, 1.54) is 38.8 Å². The van der Waals surface area contributed by atoms with Crippen LogP contribution in [0.4, 0.5) is 0 Å². The van der Waals surface area contributed by atoms with Crippen LogP contribution < -0.4 is 0 Å². The third kappa shape index (κ3) is 1.76. The summed E-state index contributed by atoms with van der Waals surface area (Å²) in [5.74, 6) is 0. The molecule has 1 heteroatoms. The molecule has 1 heterocycles. The minimum atomic E-state index is 0.260. The minimum absolute atomic E-state index is 0.260. The van der Waals surface area contributed by atoms with Gasteiger partial charge in [-0.25, -0.2) is 0 Å². The largest absolute Gasteiger partial charge is 0.298 e. The first-order chi connectivity index (χ1) is 6.41. The van der Waals surface area contributed by atoms with E-state index in [2.05, 4.69) is 25.7 Å². The van der Waals surface area contributed by atoms with E-state index in [1.807, 2.05) is 0 Å². The van der Waals surface area contributed by atoms with E-state index in [1.54, 1.807) is 0 Å². The van der Waals surface area contributed by atoms with Gasteiger partial charge in [0.15, 0.2) is 0 Å². The smallest absolute Gasteiger partial charge is 0.0267 e. The second-order valence-corrected chi connectivity index (χ2v) is 5.85. The molecule has 0 aromatic rings. The highest BCUT2D eigenvalue weighted by molar-refractivity contribution is 4.94. The van der Waals surface area contributed by atoms with Gasteiger partial charge in [0.25, 0.3) is 0 Å². The third-order valence-corrected chi connectivity index (χ3v) is 3.93. The SMILES string of the molecule is [3H]C1CC2(CCN(C(C)(C)C)CC2)C1. The molecule has 1 saturated carbocycles. The lowest BCUT2D eigenvalue weighted by molar-refractivity contribution is -0.00196. The van der Waals surface area contributed by atoms with E-state index in [-0.39, 0.29) is 6.40 Å². The molecule has 1 aliphatic heterocycles. The van der Waals surface area contributed by atoms with Gasteiger partial charge in [0, 0.05) is 6.91 Å². The zero-order valence-electron chi connectivity index (χ0n) is 10.3. The molecule has 0 N–H and O–H groups in total. The molecule has 2 rings (SSSR count). The van der Waals surface area contributed by atoms with Crippen molar-refractivity contribution in [2.75, 3.05) is 13.1 Å². The first kappa shape index (κ1) is 8.28. The molecule has 13 heavy (non-hydrogen) atoms. The fourth-order valence-electron chi connectivity index (χ4n) is 2.61. The normalized spacial score (nSPS) is 31.5. The van der Waals surface area contributed by atoms with Gasteiger partial charge in [-0.3, -0.25) is 4.90 Å². The summed E-state index contributed by atoms with van der Waals surface area (Å²) in [6.07, 6.45) is 5.27. The van der Waals surface area contributed by atoms with Gasteiger partial charge in [-0.05, 0) is 65.0 Å². The fraction of sp³-hybridized carbons (Fsp3) is 1.00. The van der Waals surface area contributed by atoms with Crippen molar-refractivity contribution in [1.82, 2.24) is 4.90 Å². The molecular formula is C12H23N. The second kappa shape index (κ2) is 2.98. The number of piperidine rings is 1. The van der Waals surface area contributed by atoms with Crippen molar-refractivity contribution < 1.29 is 1.37 Å². The predicted octanol–water partition coefficient (Wildman–Crippen LogP) is 3.05. The summed E-state index contributed by atoms with van der Waals surface area (Å²) >= 11 is 0. The van der Waals surface area contributed by atoms with Crippen LogP contribution in [0.2, 0.25) is 0 Å². The maximum absolute atomic E-state index is 7.63. The van der Waals surface area contributed by atoms with Gasteiger partial charge in [-0.1, -0.05) is 6.40 Å². The van der Waals surface area contributed by atoms with Crippen molar-refractivity contribution in [3.63, 3.8) is 0 Å². The van der Waals surface area contributed by atoms with Crippen LogP contribution in [0.3, 0.4) is 0 Å². The summed E-state index contributed by atoms with van der Waals surface area (Å²) in [4.78, 5) is 2.59. The molecule has 0 atom stereocenters. The van der Waals surface area contributed by atoms with Crippen LogP contribution in [0.15, 0.2) is 0 Å². The first-order valence-corrected chi connectivity index (χ1v) is 5.59. The fourth-order valence-corrected chi connectivity index (χ4v) is 2.61. The number of hydrogen-bond acceptors (Lipinski definition) is 1. The zero-order valence-corrected chi connectivity index (χ0v) is 9.27. The van der Waals surface area contributed by atoms with Crippen LogP contribution in [0.1, 0.15) is 54.2 Å². The van der Waals surface area contributed by atoms with Crippen molar-refractivity contribution >= 4 is 0 Å². The number of nitrogens with zero attached hydrogens (tertiary/aromatic N) is 1. The van der Waals surface area contributed by atoms with Crippen molar-refractivity contribution in [1.29, 1.82) is 0 Å². The van der Waals surface area contributed by atoms with E-state index >= 15 is 0 Å². The van der Waals surface area contributed by atoms with Crippen molar-refractivity contribution in [2.24, 2.45) is 5.41 Å². The Kier molecular flexibility index (Phi) is 1.90. The number of likely N-dealkylation sites (tertiary alicyclic amines) is 1. The van der Waals surface area contributed by atoms with Gasteiger partial charge in [-0.2, -0.15) is 0 Å². The van der Waals surface area contributed by atoms with E-state index in [4.69, 9.17) is 1.37 Å². The van der Waals surface area contributed by atoms with E-state index < -0.39 is 0 Å². The Morgan fingerprint density at radius 3 is 2.00 bits per heavy atom. The second-order valence-electron chi connectivity index (χ2n) is 5.85. The highest BCUT2D eigenvalue weighted by atomic mass is 15.2. The molecule has 1 spiro atoms. The predicted molar refractivity (Wildman–Crippen MR) is 56.8 cm³/mol. The molecule has 0 amide bonds. The number of hydrogen-bond donors (Lipinski definition) is 0. The van der Waals surface area contributed by atoms with Crippen LogP contribution in [0.5, 0.6) is 0 Å². The standard InChI is InChI=1S/C12H23N/c1-11(2,3)13-9-7-12(8-10-13)5-4-6-12/h4-10H2,1-3H3/i4T. The van der Waals surface area contributed by atoms with Crippen LogP contribution in [0, 0.1) is 5.41 Å². The molecule has 1 aliphatic carbocycles. The van der Waals surface area contributed by atoms with Gasteiger partial charge >= 0.3 is 0 Å². The van der Waals surface area contributed by atoms with E-state index in [0.717, 1.165) is 0 Å². The van der Waals surface area contributed by atoms with Gasteiger partial charge in [0.1, 0.15) is 0 Å². The molecule has 0 aromatic heterocycles. The monoisotopic (exact) mass is 183 g/mol. The first-order valence-electron chi connectivity index (χ1n) is 6.16. The Balaban J connectivity index is 1.87. The van der Waals surface area contributed by atoms with Gasteiger partial charge in [0.2, 0.25) is 0 Å². The Labute approximate surface area is 83.9 Å². The Bertz CT molecular complexity index is 203. The highest BCUT2D eigenvalue weighted by Crippen LogP contribution is 2.49. The summed E-state index contributed by atoms with van der Waals surface area (Å²) in [6, 6.07) is 0. The van der Waals surface area contributed by atoms with Crippen LogP contribution >= 0.6 is 0 Å². The third-order valence-electron chi connectivity index (χ3n) is 3.93. The molecule has 1 nitrogen and oxygen atoms in total. The maximum Gasteiger partial charge on any atom is 0.0267 e. The van der Waals surface area contributed by atoms with Crippen molar-refractivity contribution in [2.45, 2.75) is 58.4 Å². The van der Waals surface area contributed by atoms with E-state index in [9.17, 15) is 0 Å². The lowest BCUT2D eigenvalue weighted by atomic mass is 9.63. The van der Waals surface area contributed by atoms with Crippen LogP contribution in [0.25, 0.3) is 0 Å². The molecule has 1 saturated heterocycles. The average molecular weight is 183 g/mol. The van der Waals surface area contributed by atoms with Gasteiger partial charge in [-0.15, -0.1) is 0 Å². The van der Waals surface area contributed by atoms with Gasteiger partial charge in [0.05, 0.1) is 0 Å². The highest BCUT2D eigenvalue weighted by Gasteiger charge is 2.41. The Morgan fingerprint density at radius 2 is 1.62 bits per heavy atom. The average Bonchev–Trinajstić information content (AvgIpc) is 2.01. The molecule has 76 valence electrons. The quantitative estimate of drug-likeness (QED) is 0.558. The lowest BCUT2D eigenvalue weighted by Gasteiger charge is -2.51.